The van der Waals surface area contributed by atoms with Gasteiger partial charge in [-0.25, -0.2) is 0 Å². The molecule has 3 heterocycles. The summed E-state index contributed by atoms with van der Waals surface area (Å²) >= 11 is 0. The number of rotatable bonds is 14. The van der Waals surface area contributed by atoms with Crippen molar-refractivity contribution in [2.24, 2.45) is 5.73 Å². The maximum Gasteiger partial charge on any atom is 0.255 e. The number of ether oxygens (including phenoxy) is 2. The Hall–Kier alpha value is -3.47. The maximum atomic E-state index is 13.0. The van der Waals surface area contributed by atoms with Gasteiger partial charge in [-0.3, -0.25) is 24.6 Å². The van der Waals surface area contributed by atoms with Gasteiger partial charge in [0.2, 0.25) is 11.8 Å². The Kier molecular flexibility index (Phi) is 10.7. The van der Waals surface area contributed by atoms with Gasteiger partial charge in [0.05, 0.1) is 13.2 Å². The molecular formula is C33H45N5O5. The molecule has 3 N–H and O–H groups in total. The van der Waals surface area contributed by atoms with Crippen LogP contribution in [-0.4, -0.2) is 86.1 Å². The summed E-state index contributed by atoms with van der Waals surface area (Å²) in [5.74, 6) is 0.113. The summed E-state index contributed by atoms with van der Waals surface area (Å²) in [7, 11) is 0. The highest BCUT2D eigenvalue weighted by atomic mass is 16.5. The SMILES string of the molecule is C[C@@H](N)c1cccc(OCCCCCCOCCN2CCN(c3ccc4c(c3)CN(C3CCC(=O)NC3=O)C4=O)CC2)c1. The predicted molar refractivity (Wildman–Crippen MR) is 165 cm³/mol. The molecule has 1 unspecified atom stereocenters. The Morgan fingerprint density at radius 3 is 2.51 bits per heavy atom. The zero-order valence-corrected chi connectivity index (χ0v) is 25.3. The van der Waals surface area contributed by atoms with Crippen molar-refractivity contribution >= 4 is 23.4 Å². The molecule has 0 aromatic heterocycles. The minimum atomic E-state index is -0.582. The number of nitrogens with one attached hydrogen (secondary N) is 1. The van der Waals surface area contributed by atoms with Crippen LogP contribution in [0.5, 0.6) is 5.75 Å². The van der Waals surface area contributed by atoms with Crippen LogP contribution in [-0.2, 0) is 20.9 Å². The van der Waals surface area contributed by atoms with Gasteiger partial charge in [-0.15, -0.1) is 0 Å². The monoisotopic (exact) mass is 591 g/mol. The lowest BCUT2D eigenvalue weighted by molar-refractivity contribution is -0.136. The van der Waals surface area contributed by atoms with E-state index < -0.39 is 6.04 Å². The average Bonchev–Trinajstić information content (AvgIpc) is 3.33. The van der Waals surface area contributed by atoms with Crippen LogP contribution in [0.4, 0.5) is 5.69 Å². The summed E-state index contributed by atoms with van der Waals surface area (Å²) in [6, 6.07) is 13.4. The van der Waals surface area contributed by atoms with Crippen LogP contribution in [0.15, 0.2) is 42.5 Å². The van der Waals surface area contributed by atoms with Crippen molar-refractivity contribution in [2.75, 3.05) is 57.4 Å². The van der Waals surface area contributed by atoms with Crippen LogP contribution in [0.1, 0.15) is 73.0 Å². The summed E-state index contributed by atoms with van der Waals surface area (Å²) in [6.45, 7) is 9.35. The summed E-state index contributed by atoms with van der Waals surface area (Å²) in [5, 5.41) is 2.36. The quantitative estimate of drug-likeness (QED) is 0.254. The van der Waals surface area contributed by atoms with E-state index >= 15 is 0 Å². The normalized spacial score (nSPS) is 19.9. The third-order valence-corrected chi connectivity index (χ3v) is 8.63. The first-order valence-electron chi connectivity index (χ1n) is 15.7. The fourth-order valence-corrected chi connectivity index (χ4v) is 6.02. The Labute approximate surface area is 254 Å². The van der Waals surface area contributed by atoms with E-state index in [4.69, 9.17) is 15.2 Å². The average molecular weight is 592 g/mol. The standard InChI is InChI=1S/C33H45N5O5/c1-24(34)25-7-6-8-28(22-25)43-19-5-3-2-4-18-42-20-17-36-13-15-37(16-14-36)27-9-10-29-26(21-27)23-38(33(29)41)30-11-12-31(39)35-32(30)40/h6-10,21-22,24,30H,2-5,11-20,23,34H2,1H3,(H,35,39,40)/t24-,30?/m1/s1. The first-order chi connectivity index (χ1) is 20.9. The van der Waals surface area contributed by atoms with Crippen LogP contribution in [0.25, 0.3) is 0 Å². The van der Waals surface area contributed by atoms with E-state index in [1.165, 1.54) is 0 Å². The van der Waals surface area contributed by atoms with Crippen LogP contribution in [0, 0.1) is 0 Å². The molecule has 10 nitrogen and oxygen atoms in total. The van der Waals surface area contributed by atoms with Gasteiger partial charge in [-0.1, -0.05) is 18.6 Å². The Morgan fingerprint density at radius 1 is 0.953 bits per heavy atom. The lowest BCUT2D eigenvalue weighted by Gasteiger charge is -2.36. The Morgan fingerprint density at radius 2 is 1.74 bits per heavy atom. The number of piperidine rings is 1. The molecule has 0 bridgehead atoms. The number of nitrogens with zero attached hydrogens (tertiary/aromatic N) is 3. The zero-order chi connectivity index (χ0) is 30.2. The van der Waals surface area contributed by atoms with Crippen molar-refractivity contribution in [3.05, 3.63) is 59.2 Å². The van der Waals surface area contributed by atoms with Gasteiger partial charge in [-0.2, -0.15) is 0 Å². The van der Waals surface area contributed by atoms with Crippen molar-refractivity contribution in [1.82, 2.24) is 15.1 Å². The number of amides is 3. The Balaban J connectivity index is 0.931. The number of hydrogen-bond donors (Lipinski definition) is 2. The molecule has 43 heavy (non-hydrogen) atoms. The molecule has 0 aliphatic carbocycles. The van der Waals surface area contributed by atoms with Crippen molar-refractivity contribution in [3.63, 3.8) is 0 Å². The van der Waals surface area contributed by atoms with E-state index in [1.807, 2.05) is 43.3 Å². The van der Waals surface area contributed by atoms with Gasteiger partial charge in [0.15, 0.2) is 0 Å². The van der Waals surface area contributed by atoms with Gasteiger partial charge in [-0.05, 0) is 74.1 Å². The van der Waals surface area contributed by atoms with Crippen molar-refractivity contribution < 1.29 is 23.9 Å². The minimum Gasteiger partial charge on any atom is -0.494 e. The molecule has 3 amide bonds. The van der Waals surface area contributed by atoms with E-state index in [0.29, 0.717) is 18.5 Å². The van der Waals surface area contributed by atoms with E-state index in [0.717, 1.165) is 101 Å². The minimum absolute atomic E-state index is 0.0145. The molecular weight excluding hydrogens is 546 g/mol. The first kappa shape index (κ1) is 31.0. The number of unbranched alkanes of at least 4 members (excludes halogenated alkanes) is 3. The number of nitrogens with two attached hydrogens (primary N) is 1. The van der Waals surface area contributed by atoms with Gasteiger partial charge < -0.3 is 25.0 Å². The second-order valence-corrected chi connectivity index (χ2v) is 11.8. The number of anilines is 1. The number of piperazine rings is 1. The molecule has 0 spiro atoms. The van der Waals surface area contributed by atoms with Gasteiger partial charge >= 0.3 is 0 Å². The van der Waals surface area contributed by atoms with Crippen LogP contribution >= 0.6 is 0 Å². The zero-order valence-electron chi connectivity index (χ0n) is 25.3. The summed E-state index contributed by atoms with van der Waals surface area (Å²) in [6.07, 6.45) is 5.01. The molecule has 2 saturated heterocycles. The molecule has 2 aromatic carbocycles. The highest BCUT2D eigenvalue weighted by molar-refractivity contribution is 6.05. The van der Waals surface area contributed by atoms with Crippen LogP contribution < -0.4 is 20.7 Å². The molecule has 2 aromatic rings. The smallest absolute Gasteiger partial charge is 0.255 e. The van der Waals surface area contributed by atoms with Gasteiger partial charge in [0, 0.05) is 69.6 Å². The van der Waals surface area contributed by atoms with E-state index in [1.54, 1.807) is 4.90 Å². The molecule has 0 saturated carbocycles. The van der Waals surface area contributed by atoms with Crippen molar-refractivity contribution in [2.45, 2.75) is 64.1 Å². The molecule has 2 atom stereocenters. The highest BCUT2D eigenvalue weighted by Crippen LogP contribution is 2.31. The topological polar surface area (TPSA) is 117 Å². The van der Waals surface area contributed by atoms with E-state index in [9.17, 15) is 14.4 Å². The largest absolute Gasteiger partial charge is 0.494 e. The van der Waals surface area contributed by atoms with E-state index in [2.05, 4.69) is 21.2 Å². The van der Waals surface area contributed by atoms with Gasteiger partial charge in [0.1, 0.15) is 11.8 Å². The third-order valence-electron chi connectivity index (χ3n) is 8.63. The predicted octanol–water partition coefficient (Wildman–Crippen LogP) is 3.25. The number of imide groups is 1. The number of carbonyl (C=O) groups is 3. The molecule has 3 aliphatic rings. The second-order valence-electron chi connectivity index (χ2n) is 11.8. The molecule has 5 rings (SSSR count). The molecule has 232 valence electrons. The summed E-state index contributed by atoms with van der Waals surface area (Å²) < 4.78 is 11.8. The third kappa shape index (κ3) is 8.13. The summed E-state index contributed by atoms with van der Waals surface area (Å²) in [4.78, 5) is 43.2. The van der Waals surface area contributed by atoms with Gasteiger partial charge in [0.25, 0.3) is 5.91 Å². The number of carbonyl (C=O) groups excluding carboxylic acids is 3. The fourth-order valence-electron chi connectivity index (χ4n) is 6.02. The van der Waals surface area contributed by atoms with Crippen molar-refractivity contribution in [1.29, 1.82) is 0 Å². The molecule has 0 radical (unpaired) electrons. The number of benzene rings is 2. The highest BCUT2D eigenvalue weighted by Gasteiger charge is 2.39. The lowest BCUT2D eigenvalue weighted by Crippen LogP contribution is -2.52. The number of fused-ring (bicyclic) bond motifs is 1. The van der Waals surface area contributed by atoms with Crippen molar-refractivity contribution in [3.8, 4) is 5.75 Å². The van der Waals surface area contributed by atoms with Crippen LogP contribution in [0.2, 0.25) is 0 Å². The fraction of sp³-hybridized carbons (Fsp3) is 0.545. The lowest BCUT2D eigenvalue weighted by atomic mass is 10.0. The summed E-state index contributed by atoms with van der Waals surface area (Å²) in [5.41, 5.74) is 9.75. The molecule has 2 fully saturated rings. The molecule has 3 aliphatic heterocycles. The molecule has 10 heteroatoms. The van der Waals surface area contributed by atoms with E-state index in [-0.39, 0.29) is 30.2 Å². The maximum absolute atomic E-state index is 13.0. The van der Waals surface area contributed by atoms with Crippen LogP contribution in [0.3, 0.4) is 0 Å². The Bertz CT molecular complexity index is 1280. The number of hydrogen-bond acceptors (Lipinski definition) is 8. The first-order valence-corrected chi connectivity index (χ1v) is 15.7. The second kappa shape index (κ2) is 14.8.